The Labute approximate surface area is 155 Å². The zero-order chi connectivity index (χ0) is 17.6. The summed E-state index contributed by atoms with van der Waals surface area (Å²) in [5, 5.41) is 0. The van der Waals surface area contributed by atoms with Crippen LogP contribution >= 0.6 is 0 Å². The number of hydrogen-bond donors (Lipinski definition) is 0. The van der Waals surface area contributed by atoms with Gasteiger partial charge in [0.1, 0.15) is 6.10 Å². The van der Waals surface area contributed by atoms with Crippen molar-refractivity contribution in [2.75, 3.05) is 0 Å². The molecule has 2 heteroatoms. The summed E-state index contributed by atoms with van der Waals surface area (Å²) in [6.45, 7) is 3.89. The van der Waals surface area contributed by atoms with Gasteiger partial charge in [0, 0.05) is 6.92 Å². The molecule has 25 heavy (non-hydrogen) atoms. The van der Waals surface area contributed by atoms with Crippen LogP contribution < -0.4 is 0 Å². The normalized spacial score (nSPS) is 39.8. The van der Waals surface area contributed by atoms with Gasteiger partial charge in [-0.25, -0.2) is 0 Å². The maximum Gasteiger partial charge on any atom is 0.302 e. The third kappa shape index (κ3) is 5.47. The molecule has 0 unspecified atom stereocenters. The summed E-state index contributed by atoms with van der Waals surface area (Å²) < 4.78 is 5.41. The minimum absolute atomic E-state index is 0.0994. The molecule has 0 atom stereocenters. The number of rotatable bonds is 5. The molecule has 0 aromatic rings. The predicted octanol–water partition coefficient (Wildman–Crippen LogP) is 6.52. The molecule has 3 saturated carbocycles. The Kier molecular flexibility index (Phi) is 7.25. The molecule has 0 amide bonds. The summed E-state index contributed by atoms with van der Waals surface area (Å²) in [4.78, 5) is 11.1. The van der Waals surface area contributed by atoms with Gasteiger partial charge in [-0.3, -0.25) is 4.79 Å². The number of carbonyl (C=O) groups excluding carboxylic acids is 1. The molecule has 3 fully saturated rings. The first-order valence-corrected chi connectivity index (χ1v) is 11.3. The number of carbonyl (C=O) groups is 1. The average molecular weight is 349 g/mol. The third-order valence-corrected chi connectivity index (χ3v) is 7.79. The molecular weight excluding hydrogens is 308 g/mol. The lowest BCUT2D eigenvalue weighted by molar-refractivity contribution is -0.148. The quantitative estimate of drug-likeness (QED) is 0.529. The van der Waals surface area contributed by atoms with E-state index < -0.39 is 0 Å². The molecule has 0 spiro atoms. The standard InChI is InChI=1S/C23H40O2/c1-3-4-18-5-7-19(8-6-18)20-9-11-21(12-10-20)22-13-15-23(16-14-22)25-17(2)24/h18-23H,3-16H2,1-2H3. The van der Waals surface area contributed by atoms with Gasteiger partial charge in [-0.1, -0.05) is 32.6 Å². The van der Waals surface area contributed by atoms with Crippen molar-refractivity contribution in [2.45, 2.75) is 110 Å². The van der Waals surface area contributed by atoms with Gasteiger partial charge in [-0.2, -0.15) is 0 Å². The third-order valence-electron chi connectivity index (χ3n) is 7.79. The SMILES string of the molecule is CCCC1CCC(C2CCC(C3CCC(OC(C)=O)CC3)CC2)CC1. The van der Waals surface area contributed by atoms with Crippen LogP contribution in [-0.4, -0.2) is 12.1 Å². The number of esters is 1. The van der Waals surface area contributed by atoms with Gasteiger partial charge in [0.25, 0.3) is 0 Å². The summed E-state index contributed by atoms with van der Waals surface area (Å²) >= 11 is 0. The van der Waals surface area contributed by atoms with Crippen molar-refractivity contribution in [1.82, 2.24) is 0 Å². The molecule has 0 saturated heterocycles. The molecule has 0 aromatic carbocycles. The summed E-state index contributed by atoms with van der Waals surface area (Å²) in [7, 11) is 0. The van der Waals surface area contributed by atoms with E-state index in [1.807, 2.05) is 0 Å². The van der Waals surface area contributed by atoms with Crippen LogP contribution in [0.3, 0.4) is 0 Å². The van der Waals surface area contributed by atoms with Crippen molar-refractivity contribution in [2.24, 2.45) is 29.6 Å². The number of ether oxygens (including phenoxy) is 1. The molecule has 0 aromatic heterocycles. The molecule has 0 aliphatic heterocycles. The van der Waals surface area contributed by atoms with Gasteiger partial charge in [-0.05, 0) is 93.8 Å². The van der Waals surface area contributed by atoms with Gasteiger partial charge < -0.3 is 4.74 Å². The van der Waals surface area contributed by atoms with Crippen molar-refractivity contribution in [3.8, 4) is 0 Å². The lowest BCUT2D eigenvalue weighted by Crippen LogP contribution is -2.31. The highest BCUT2D eigenvalue weighted by atomic mass is 16.5. The molecule has 0 heterocycles. The fourth-order valence-electron chi connectivity index (χ4n) is 6.36. The van der Waals surface area contributed by atoms with Gasteiger partial charge in [0.05, 0.1) is 0 Å². The van der Waals surface area contributed by atoms with Crippen LogP contribution in [0.1, 0.15) is 104 Å². The van der Waals surface area contributed by atoms with Gasteiger partial charge in [0.15, 0.2) is 0 Å². The number of hydrogen-bond acceptors (Lipinski definition) is 2. The van der Waals surface area contributed by atoms with E-state index in [2.05, 4.69) is 6.92 Å². The van der Waals surface area contributed by atoms with Gasteiger partial charge in [0.2, 0.25) is 0 Å². The van der Waals surface area contributed by atoms with Gasteiger partial charge in [-0.15, -0.1) is 0 Å². The Balaban J connectivity index is 1.36. The highest BCUT2D eigenvalue weighted by Gasteiger charge is 2.34. The smallest absolute Gasteiger partial charge is 0.302 e. The Hall–Kier alpha value is -0.530. The topological polar surface area (TPSA) is 26.3 Å². The lowest BCUT2D eigenvalue weighted by Gasteiger charge is -2.41. The maximum absolute atomic E-state index is 11.1. The molecule has 3 aliphatic carbocycles. The second kappa shape index (κ2) is 9.42. The van der Waals surface area contributed by atoms with Crippen molar-refractivity contribution in [1.29, 1.82) is 0 Å². The minimum Gasteiger partial charge on any atom is -0.463 e. The van der Waals surface area contributed by atoms with E-state index in [1.54, 1.807) is 6.92 Å². The summed E-state index contributed by atoms with van der Waals surface area (Å²) in [6, 6.07) is 0. The highest BCUT2D eigenvalue weighted by molar-refractivity contribution is 5.66. The maximum atomic E-state index is 11.1. The van der Waals surface area contributed by atoms with Gasteiger partial charge >= 0.3 is 5.97 Å². The van der Waals surface area contributed by atoms with E-state index >= 15 is 0 Å². The van der Waals surface area contributed by atoms with E-state index in [0.29, 0.717) is 0 Å². The summed E-state index contributed by atoms with van der Waals surface area (Å²) in [5.41, 5.74) is 0. The zero-order valence-corrected chi connectivity index (χ0v) is 16.7. The van der Waals surface area contributed by atoms with E-state index in [1.165, 1.54) is 77.0 Å². The Morgan fingerprint density at radius 2 is 1.12 bits per heavy atom. The zero-order valence-electron chi connectivity index (χ0n) is 16.7. The van der Waals surface area contributed by atoms with Crippen molar-refractivity contribution >= 4 is 5.97 Å². The fourth-order valence-corrected chi connectivity index (χ4v) is 6.36. The van der Waals surface area contributed by atoms with E-state index in [4.69, 9.17) is 4.74 Å². The first-order valence-electron chi connectivity index (χ1n) is 11.3. The summed E-state index contributed by atoms with van der Waals surface area (Å²) in [6.07, 6.45) is 19.8. The largest absolute Gasteiger partial charge is 0.463 e. The van der Waals surface area contributed by atoms with Crippen LogP contribution in [0, 0.1) is 29.6 Å². The minimum atomic E-state index is -0.0994. The van der Waals surface area contributed by atoms with Crippen molar-refractivity contribution in [3.63, 3.8) is 0 Å². The molecule has 0 N–H and O–H groups in total. The Morgan fingerprint density at radius 1 is 0.720 bits per heavy atom. The molecule has 2 nitrogen and oxygen atoms in total. The van der Waals surface area contributed by atoms with Crippen LogP contribution in [0.15, 0.2) is 0 Å². The van der Waals surface area contributed by atoms with Crippen LogP contribution in [-0.2, 0) is 9.53 Å². The molecule has 144 valence electrons. The second-order valence-electron chi connectivity index (χ2n) is 9.39. The Bertz CT molecular complexity index is 394. The Morgan fingerprint density at radius 3 is 1.52 bits per heavy atom. The first kappa shape index (κ1) is 19.2. The molecule has 0 radical (unpaired) electrons. The average Bonchev–Trinajstić information content (AvgIpc) is 2.63. The molecule has 0 bridgehead atoms. The highest BCUT2D eigenvalue weighted by Crippen LogP contribution is 2.45. The van der Waals surface area contributed by atoms with Crippen LogP contribution in [0.25, 0.3) is 0 Å². The molecular formula is C23H40O2. The van der Waals surface area contributed by atoms with Crippen molar-refractivity contribution < 1.29 is 9.53 Å². The van der Waals surface area contributed by atoms with Crippen LogP contribution in [0.5, 0.6) is 0 Å². The van der Waals surface area contributed by atoms with E-state index in [0.717, 1.165) is 42.4 Å². The monoisotopic (exact) mass is 348 g/mol. The van der Waals surface area contributed by atoms with Crippen LogP contribution in [0.4, 0.5) is 0 Å². The van der Waals surface area contributed by atoms with Crippen molar-refractivity contribution in [3.05, 3.63) is 0 Å². The predicted molar refractivity (Wildman–Crippen MR) is 103 cm³/mol. The first-order chi connectivity index (χ1) is 12.2. The lowest BCUT2D eigenvalue weighted by atomic mass is 9.65. The summed E-state index contributed by atoms with van der Waals surface area (Å²) in [5.74, 6) is 4.91. The van der Waals surface area contributed by atoms with Crippen LogP contribution in [0.2, 0.25) is 0 Å². The van der Waals surface area contributed by atoms with E-state index in [9.17, 15) is 4.79 Å². The van der Waals surface area contributed by atoms with E-state index in [-0.39, 0.29) is 12.1 Å². The molecule has 3 aliphatic rings. The fraction of sp³-hybridized carbons (Fsp3) is 0.957. The second-order valence-corrected chi connectivity index (χ2v) is 9.39. The molecule has 3 rings (SSSR count).